The van der Waals surface area contributed by atoms with Crippen LogP contribution in [0.3, 0.4) is 0 Å². The van der Waals surface area contributed by atoms with Gasteiger partial charge in [0, 0.05) is 13.2 Å². The Morgan fingerprint density at radius 2 is 2.21 bits per heavy atom. The Hall–Kier alpha value is 0.160. The Morgan fingerprint density at radius 3 is 2.71 bits per heavy atom. The van der Waals surface area contributed by atoms with E-state index in [1.54, 1.807) is 0 Å². The van der Waals surface area contributed by atoms with Crippen LogP contribution in [0.15, 0.2) is 0 Å². The van der Waals surface area contributed by atoms with Gasteiger partial charge in [-0.15, -0.1) is 12.6 Å². The van der Waals surface area contributed by atoms with Gasteiger partial charge >= 0.3 is 0 Å². The first-order chi connectivity index (χ1) is 6.56. The van der Waals surface area contributed by atoms with E-state index in [2.05, 4.69) is 44.0 Å². The SMILES string of the molecule is CCC(C)COCC(O)CNC(=S)S. The van der Waals surface area contributed by atoms with E-state index in [1.807, 2.05) is 0 Å². The van der Waals surface area contributed by atoms with Gasteiger partial charge in [0.15, 0.2) is 0 Å². The third kappa shape index (κ3) is 8.74. The first-order valence-corrected chi connectivity index (χ1v) is 5.64. The van der Waals surface area contributed by atoms with Gasteiger partial charge in [-0.1, -0.05) is 32.5 Å². The van der Waals surface area contributed by atoms with E-state index < -0.39 is 6.10 Å². The van der Waals surface area contributed by atoms with E-state index in [0.29, 0.717) is 30.0 Å². The van der Waals surface area contributed by atoms with Crippen molar-refractivity contribution < 1.29 is 9.84 Å². The Balaban J connectivity index is 3.35. The van der Waals surface area contributed by atoms with Crippen molar-refractivity contribution in [1.29, 1.82) is 0 Å². The molecule has 0 aliphatic rings. The predicted molar refractivity (Wildman–Crippen MR) is 65.9 cm³/mol. The summed E-state index contributed by atoms with van der Waals surface area (Å²) in [7, 11) is 0. The van der Waals surface area contributed by atoms with Crippen LogP contribution in [-0.4, -0.2) is 35.3 Å². The van der Waals surface area contributed by atoms with Crippen molar-refractivity contribution in [3.63, 3.8) is 0 Å². The fraction of sp³-hybridized carbons (Fsp3) is 0.889. The van der Waals surface area contributed by atoms with Gasteiger partial charge in [-0.05, 0) is 5.92 Å². The molecule has 3 nitrogen and oxygen atoms in total. The van der Waals surface area contributed by atoms with Crippen LogP contribution in [0.25, 0.3) is 0 Å². The van der Waals surface area contributed by atoms with Crippen LogP contribution in [0.2, 0.25) is 0 Å². The van der Waals surface area contributed by atoms with Gasteiger partial charge in [0.25, 0.3) is 0 Å². The fourth-order valence-electron chi connectivity index (χ4n) is 0.787. The third-order valence-electron chi connectivity index (χ3n) is 1.90. The Labute approximate surface area is 96.6 Å². The summed E-state index contributed by atoms with van der Waals surface area (Å²) >= 11 is 8.57. The minimum Gasteiger partial charge on any atom is -0.389 e. The van der Waals surface area contributed by atoms with Gasteiger partial charge in [-0.25, -0.2) is 0 Å². The molecule has 0 radical (unpaired) electrons. The molecule has 0 aliphatic carbocycles. The maximum Gasteiger partial charge on any atom is 0.130 e. The van der Waals surface area contributed by atoms with Crippen LogP contribution in [-0.2, 0) is 4.74 Å². The normalized spacial score (nSPS) is 14.9. The smallest absolute Gasteiger partial charge is 0.130 e. The molecule has 0 amide bonds. The van der Waals surface area contributed by atoms with Crippen LogP contribution in [0.1, 0.15) is 20.3 Å². The second kappa shape index (κ2) is 8.47. The average Bonchev–Trinajstić information content (AvgIpc) is 2.14. The van der Waals surface area contributed by atoms with E-state index >= 15 is 0 Å². The highest BCUT2D eigenvalue weighted by Gasteiger charge is 2.05. The molecule has 84 valence electrons. The predicted octanol–water partition coefficient (Wildman–Crippen LogP) is 1.21. The minimum atomic E-state index is -0.524. The molecule has 0 aliphatic heterocycles. The van der Waals surface area contributed by atoms with Crippen LogP contribution < -0.4 is 5.32 Å². The monoisotopic (exact) mass is 237 g/mol. The van der Waals surface area contributed by atoms with E-state index in [1.165, 1.54) is 0 Å². The average molecular weight is 237 g/mol. The maximum atomic E-state index is 9.40. The second-order valence-corrected chi connectivity index (χ2v) is 4.55. The first-order valence-electron chi connectivity index (χ1n) is 4.78. The summed E-state index contributed by atoms with van der Waals surface area (Å²) in [6.45, 7) is 5.66. The van der Waals surface area contributed by atoms with E-state index in [9.17, 15) is 5.11 Å². The number of hydrogen-bond donors (Lipinski definition) is 3. The van der Waals surface area contributed by atoms with E-state index in [-0.39, 0.29) is 0 Å². The molecular weight excluding hydrogens is 218 g/mol. The summed E-state index contributed by atoms with van der Waals surface area (Å²) in [5, 5.41) is 12.2. The van der Waals surface area contributed by atoms with Gasteiger partial charge < -0.3 is 15.2 Å². The van der Waals surface area contributed by atoms with E-state index in [4.69, 9.17) is 4.74 Å². The molecule has 2 unspecified atom stereocenters. The first kappa shape index (κ1) is 14.2. The molecule has 0 aromatic heterocycles. The highest BCUT2D eigenvalue weighted by Crippen LogP contribution is 2.00. The van der Waals surface area contributed by atoms with E-state index in [0.717, 1.165) is 6.42 Å². The lowest BCUT2D eigenvalue weighted by atomic mass is 10.1. The number of hydrogen-bond acceptors (Lipinski definition) is 3. The fourth-order valence-corrected chi connectivity index (χ4v) is 0.962. The molecule has 0 rings (SSSR count). The number of rotatable bonds is 7. The molecule has 14 heavy (non-hydrogen) atoms. The number of thiocarbonyl (C=S) groups is 1. The summed E-state index contributed by atoms with van der Waals surface area (Å²) in [5.41, 5.74) is 0. The van der Waals surface area contributed by atoms with Gasteiger partial charge in [0.05, 0.1) is 12.7 Å². The number of ether oxygens (including phenoxy) is 1. The standard InChI is InChI=1S/C9H19NO2S2/c1-3-7(2)5-12-6-8(11)4-10-9(13)14/h7-8,11H,3-6H2,1-2H3,(H2,10,13,14). The van der Waals surface area contributed by atoms with Crippen molar-refractivity contribution in [3.05, 3.63) is 0 Å². The van der Waals surface area contributed by atoms with Crippen molar-refractivity contribution in [2.75, 3.05) is 19.8 Å². The molecule has 0 aromatic rings. The second-order valence-electron chi connectivity index (χ2n) is 3.39. The Bertz CT molecular complexity index is 167. The summed E-state index contributed by atoms with van der Waals surface area (Å²) in [4.78, 5) is 0. The molecule has 0 saturated heterocycles. The molecule has 0 fully saturated rings. The summed E-state index contributed by atoms with van der Waals surface area (Å²) < 4.78 is 5.72. The molecular formula is C9H19NO2S2. The van der Waals surface area contributed by atoms with Crippen molar-refractivity contribution in [3.8, 4) is 0 Å². The zero-order valence-corrected chi connectivity index (χ0v) is 10.4. The zero-order chi connectivity index (χ0) is 11.0. The molecule has 5 heteroatoms. The molecule has 0 saturated carbocycles. The third-order valence-corrected chi connectivity index (χ3v) is 2.20. The molecule has 0 spiro atoms. The molecule has 0 bridgehead atoms. The largest absolute Gasteiger partial charge is 0.389 e. The quantitative estimate of drug-likeness (QED) is 0.460. The molecule has 0 aromatic carbocycles. The number of aliphatic hydroxyl groups excluding tert-OH is 1. The molecule has 0 heterocycles. The number of thiol groups is 1. The van der Waals surface area contributed by atoms with Crippen LogP contribution >= 0.6 is 24.8 Å². The van der Waals surface area contributed by atoms with Gasteiger partial charge in [-0.2, -0.15) is 0 Å². The van der Waals surface area contributed by atoms with Crippen molar-refractivity contribution >= 4 is 29.2 Å². The highest BCUT2D eigenvalue weighted by molar-refractivity contribution is 8.11. The molecule has 2 N–H and O–H groups in total. The lowest BCUT2D eigenvalue weighted by Crippen LogP contribution is -2.32. The van der Waals surface area contributed by atoms with Gasteiger partial charge in [-0.3, -0.25) is 0 Å². The lowest BCUT2D eigenvalue weighted by molar-refractivity contribution is 0.0254. The Morgan fingerprint density at radius 1 is 1.57 bits per heavy atom. The van der Waals surface area contributed by atoms with Gasteiger partial charge in [0.1, 0.15) is 4.32 Å². The summed E-state index contributed by atoms with van der Waals surface area (Å²) in [5.74, 6) is 0.543. The van der Waals surface area contributed by atoms with Crippen LogP contribution in [0.5, 0.6) is 0 Å². The summed E-state index contributed by atoms with van der Waals surface area (Å²) in [6.07, 6.45) is 0.568. The zero-order valence-electron chi connectivity index (χ0n) is 8.69. The molecule has 2 atom stereocenters. The van der Waals surface area contributed by atoms with Crippen LogP contribution in [0, 0.1) is 5.92 Å². The van der Waals surface area contributed by atoms with Crippen molar-refractivity contribution in [2.24, 2.45) is 5.92 Å². The highest BCUT2D eigenvalue weighted by atomic mass is 32.1. The number of aliphatic hydroxyl groups is 1. The van der Waals surface area contributed by atoms with Gasteiger partial charge in [0.2, 0.25) is 0 Å². The topological polar surface area (TPSA) is 41.5 Å². The minimum absolute atomic E-state index is 0.341. The Kier molecular flexibility index (Phi) is 8.56. The lowest BCUT2D eigenvalue weighted by Gasteiger charge is -2.14. The van der Waals surface area contributed by atoms with Crippen molar-refractivity contribution in [2.45, 2.75) is 26.4 Å². The summed E-state index contributed by atoms with van der Waals surface area (Å²) in [6, 6.07) is 0. The van der Waals surface area contributed by atoms with Crippen LogP contribution in [0.4, 0.5) is 0 Å². The maximum absolute atomic E-state index is 9.40. The van der Waals surface area contributed by atoms with Crippen molar-refractivity contribution in [1.82, 2.24) is 5.32 Å². The number of nitrogens with one attached hydrogen (secondary N) is 1.